The van der Waals surface area contributed by atoms with Crippen LogP contribution < -0.4 is 5.32 Å². The highest BCUT2D eigenvalue weighted by atomic mass is 16.2. The lowest BCUT2D eigenvalue weighted by Gasteiger charge is -2.38. The number of carbonyl (C=O) groups is 4. The molecule has 3 aromatic carbocycles. The molecule has 52 heavy (non-hydrogen) atoms. The van der Waals surface area contributed by atoms with E-state index in [1.165, 1.54) is 43.5 Å². The molecule has 0 unspecified atom stereocenters. The molecule has 4 aliphatic rings. The molecule has 0 bridgehead atoms. The van der Waals surface area contributed by atoms with Gasteiger partial charge in [-0.15, -0.1) is 0 Å². The number of nitrogens with zero attached hydrogens (tertiary/aromatic N) is 3. The highest BCUT2D eigenvalue weighted by Gasteiger charge is 2.47. The average Bonchev–Trinajstić information content (AvgIpc) is 3.85. The first-order valence-electron chi connectivity index (χ1n) is 19.7. The minimum atomic E-state index is -0.917. The maximum absolute atomic E-state index is 14.6. The first-order chi connectivity index (χ1) is 25.4. The van der Waals surface area contributed by atoms with E-state index in [1.807, 2.05) is 91.0 Å². The minimum absolute atomic E-state index is 0.0245. The first-order valence-corrected chi connectivity index (χ1v) is 19.7. The van der Waals surface area contributed by atoms with Gasteiger partial charge < -0.3 is 20.0 Å². The number of hydrogen-bond donors (Lipinski definition) is 1. The molecule has 1 N–H and O–H groups in total. The Hall–Kier alpha value is -4.30. The Bertz CT molecular complexity index is 1580. The molecule has 3 aromatic rings. The van der Waals surface area contributed by atoms with Crippen molar-refractivity contribution in [3.05, 3.63) is 108 Å². The third-order valence-electron chi connectivity index (χ3n) is 12.2. The number of Topliss-reactive ketones (excluding diaryl/α,β-unsaturated/α-hetero) is 1. The lowest BCUT2D eigenvalue weighted by molar-refractivity contribution is -0.147. The second-order valence-corrected chi connectivity index (χ2v) is 15.7. The highest BCUT2D eigenvalue weighted by Crippen LogP contribution is 2.43. The van der Waals surface area contributed by atoms with Gasteiger partial charge in [0.2, 0.25) is 17.7 Å². The zero-order valence-corrected chi connectivity index (χ0v) is 30.5. The minimum Gasteiger partial charge on any atom is -0.354 e. The number of hydrogen-bond acceptors (Lipinski definition) is 5. The summed E-state index contributed by atoms with van der Waals surface area (Å²) < 4.78 is 0. The molecular formula is C44H54N4O4. The van der Waals surface area contributed by atoms with Gasteiger partial charge >= 0.3 is 0 Å². The van der Waals surface area contributed by atoms with Crippen molar-refractivity contribution in [1.29, 1.82) is 0 Å². The SMILES string of the molecule is O=C1C[C@@H](C(=O)N2CCC[C@@H]2C(=O)NC[C@H]2CCCN(CC3CCCCC3)C2)N(C(=O)CC(c2ccccc2)(c2ccccc2)c2ccccc2)C1. The molecule has 8 heteroatoms. The molecule has 7 rings (SSSR count). The summed E-state index contributed by atoms with van der Waals surface area (Å²) in [7, 11) is 0. The predicted octanol–water partition coefficient (Wildman–Crippen LogP) is 5.98. The number of piperidine rings is 1. The van der Waals surface area contributed by atoms with Crippen LogP contribution in [0.4, 0.5) is 0 Å². The Morgan fingerprint density at radius 1 is 0.654 bits per heavy atom. The van der Waals surface area contributed by atoms with Crippen molar-refractivity contribution in [2.45, 2.75) is 88.1 Å². The van der Waals surface area contributed by atoms with Crippen LogP contribution in [0.25, 0.3) is 0 Å². The number of carbonyl (C=O) groups excluding carboxylic acids is 4. The summed E-state index contributed by atoms with van der Waals surface area (Å²) in [5.41, 5.74) is 2.03. The molecule has 0 spiro atoms. The van der Waals surface area contributed by atoms with Crippen LogP contribution in [0.5, 0.6) is 0 Å². The number of benzene rings is 3. The number of ketones is 1. The summed E-state index contributed by atoms with van der Waals surface area (Å²) in [5, 5.41) is 3.22. The van der Waals surface area contributed by atoms with Gasteiger partial charge in [-0.2, -0.15) is 0 Å². The fourth-order valence-corrected chi connectivity index (χ4v) is 9.55. The Kier molecular flexibility index (Phi) is 11.5. The Labute approximate surface area is 308 Å². The van der Waals surface area contributed by atoms with E-state index >= 15 is 0 Å². The van der Waals surface area contributed by atoms with Gasteiger partial charge in [-0.3, -0.25) is 19.2 Å². The molecule has 0 aromatic heterocycles. The summed E-state index contributed by atoms with van der Waals surface area (Å²) in [6, 6.07) is 28.5. The fourth-order valence-electron chi connectivity index (χ4n) is 9.55. The van der Waals surface area contributed by atoms with Crippen LogP contribution in [0, 0.1) is 11.8 Å². The smallest absolute Gasteiger partial charge is 0.246 e. The third kappa shape index (κ3) is 7.87. The van der Waals surface area contributed by atoms with Gasteiger partial charge in [-0.05, 0) is 73.6 Å². The largest absolute Gasteiger partial charge is 0.354 e. The Morgan fingerprint density at radius 2 is 1.23 bits per heavy atom. The molecule has 1 saturated carbocycles. The quantitative estimate of drug-likeness (QED) is 0.249. The second kappa shape index (κ2) is 16.6. The summed E-state index contributed by atoms with van der Waals surface area (Å²) >= 11 is 0. The summed E-state index contributed by atoms with van der Waals surface area (Å²) in [6.07, 6.45) is 10.3. The molecule has 3 atom stereocenters. The Morgan fingerprint density at radius 3 is 1.85 bits per heavy atom. The molecule has 8 nitrogen and oxygen atoms in total. The van der Waals surface area contributed by atoms with Crippen molar-refractivity contribution in [2.75, 3.05) is 39.3 Å². The second-order valence-electron chi connectivity index (χ2n) is 15.7. The van der Waals surface area contributed by atoms with Crippen LogP contribution in [0.2, 0.25) is 0 Å². The highest BCUT2D eigenvalue weighted by molar-refractivity contribution is 6.00. The van der Waals surface area contributed by atoms with E-state index in [9.17, 15) is 19.2 Å². The normalized spacial score (nSPS) is 23.2. The molecule has 4 fully saturated rings. The van der Waals surface area contributed by atoms with E-state index in [0.717, 1.165) is 55.0 Å². The van der Waals surface area contributed by atoms with Gasteiger partial charge in [0.05, 0.1) is 12.0 Å². The Balaban J connectivity index is 1.05. The van der Waals surface area contributed by atoms with E-state index in [1.54, 1.807) is 4.90 Å². The van der Waals surface area contributed by atoms with E-state index in [-0.39, 0.29) is 42.9 Å². The molecule has 3 aliphatic heterocycles. The topological polar surface area (TPSA) is 90.0 Å². The van der Waals surface area contributed by atoms with E-state index in [4.69, 9.17) is 0 Å². The summed E-state index contributed by atoms with van der Waals surface area (Å²) in [6.45, 7) is 4.29. The molecule has 0 radical (unpaired) electrons. The lowest BCUT2D eigenvalue weighted by Crippen LogP contribution is -2.54. The fraction of sp³-hybridized carbons (Fsp3) is 0.500. The van der Waals surface area contributed by atoms with Crippen molar-refractivity contribution in [1.82, 2.24) is 20.0 Å². The monoisotopic (exact) mass is 702 g/mol. The summed E-state index contributed by atoms with van der Waals surface area (Å²) in [4.78, 5) is 61.4. The van der Waals surface area contributed by atoms with Gasteiger partial charge in [0, 0.05) is 39.0 Å². The van der Waals surface area contributed by atoms with Gasteiger partial charge in [-0.25, -0.2) is 0 Å². The van der Waals surface area contributed by atoms with Crippen molar-refractivity contribution >= 4 is 23.5 Å². The molecule has 274 valence electrons. The lowest BCUT2D eigenvalue weighted by atomic mass is 9.67. The van der Waals surface area contributed by atoms with Crippen molar-refractivity contribution in [2.24, 2.45) is 11.8 Å². The van der Waals surface area contributed by atoms with Crippen LogP contribution in [0.15, 0.2) is 91.0 Å². The van der Waals surface area contributed by atoms with Crippen molar-refractivity contribution < 1.29 is 19.2 Å². The third-order valence-corrected chi connectivity index (χ3v) is 12.2. The molecule has 3 saturated heterocycles. The zero-order valence-electron chi connectivity index (χ0n) is 30.5. The molecular weight excluding hydrogens is 649 g/mol. The van der Waals surface area contributed by atoms with Gasteiger partial charge in [0.1, 0.15) is 12.1 Å². The maximum atomic E-state index is 14.6. The number of likely N-dealkylation sites (tertiary alicyclic amines) is 3. The number of amides is 3. The van der Waals surface area contributed by atoms with Gasteiger partial charge in [0.15, 0.2) is 5.78 Å². The van der Waals surface area contributed by atoms with Crippen LogP contribution in [-0.2, 0) is 24.6 Å². The zero-order chi connectivity index (χ0) is 35.9. The summed E-state index contributed by atoms with van der Waals surface area (Å²) in [5.74, 6) is 0.418. The van der Waals surface area contributed by atoms with E-state index in [2.05, 4.69) is 10.2 Å². The molecule has 1 aliphatic carbocycles. The van der Waals surface area contributed by atoms with Crippen LogP contribution in [0.1, 0.15) is 87.3 Å². The van der Waals surface area contributed by atoms with Crippen LogP contribution in [0.3, 0.4) is 0 Å². The molecule has 3 heterocycles. The van der Waals surface area contributed by atoms with E-state index in [0.29, 0.717) is 25.4 Å². The van der Waals surface area contributed by atoms with Gasteiger partial charge in [-0.1, -0.05) is 110 Å². The van der Waals surface area contributed by atoms with Crippen molar-refractivity contribution in [3.8, 4) is 0 Å². The van der Waals surface area contributed by atoms with E-state index < -0.39 is 17.5 Å². The van der Waals surface area contributed by atoms with Gasteiger partial charge in [0.25, 0.3) is 0 Å². The standard InChI is InChI=1S/C44H54N4O4/c49-38-27-40(43(52)47-26-14-24-39(47)42(51)45-29-34-17-13-25-46(31-34)30-33-15-5-1-6-16-33)48(32-38)41(50)28-44(35-18-7-2-8-19-35,36-20-9-3-10-21-36)37-22-11-4-12-23-37/h2-4,7-12,18-23,33-34,39-40H,1,5-6,13-17,24-32H2,(H,45,51)/t34-,39-,40+/m1/s1. The predicted molar refractivity (Wildman–Crippen MR) is 202 cm³/mol. The first kappa shape index (κ1) is 36.1. The van der Waals surface area contributed by atoms with Crippen molar-refractivity contribution in [3.63, 3.8) is 0 Å². The molecule has 3 amide bonds. The van der Waals surface area contributed by atoms with Crippen LogP contribution >= 0.6 is 0 Å². The number of nitrogens with one attached hydrogen (secondary N) is 1. The average molecular weight is 703 g/mol. The maximum Gasteiger partial charge on any atom is 0.246 e. The van der Waals surface area contributed by atoms with Crippen LogP contribution in [-0.4, -0.2) is 89.6 Å². The number of rotatable bonds is 11.